The van der Waals surface area contributed by atoms with Gasteiger partial charge in [0.1, 0.15) is 0 Å². The van der Waals surface area contributed by atoms with Crippen LogP contribution in [0.5, 0.6) is 5.75 Å². The van der Waals surface area contributed by atoms with E-state index >= 15 is 0 Å². The average molecular weight is 533 g/mol. The van der Waals surface area contributed by atoms with E-state index in [1.165, 1.54) is 53.9 Å². The van der Waals surface area contributed by atoms with E-state index in [0.717, 1.165) is 22.5 Å². The van der Waals surface area contributed by atoms with Gasteiger partial charge < -0.3 is 10.4 Å². The summed E-state index contributed by atoms with van der Waals surface area (Å²) in [5.74, 6) is -1.16. The van der Waals surface area contributed by atoms with Crippen LogP contribution in [0.1, 0.15) is 11.1 Å². The summed E-state index contributed by atoms with van der Waals surface area (Å²) in [6.07, 6.45) is -3.16. The normalized spacial score (nSPS) is 11.8. The number of amides is 1. The molecule has 0 saturated carbocycles. The van der Waals surface area contributed by atoms with Gasteiger partial charge in [-0.15, -0.1) is 11.3 Å². The number of rotatable bonds is 7. The summed E-state index contributed by atoms with van der Waals surface area (Å²) in [5, 5.41) is 22.8. The Morgan fingerprint density at radius 1 is 1.19 bits per heavy atom. The summed E-state index contributed by atoms with van der Waals surface area (Å²) in [5.41, 5.74) is -0.00752. The zero-order valence-corrected chi connectivity index (χ0v) is 19.7. The van der Waals surface area contributed by atoms with Crippen LogP contribution < -0.4 is 5.32 Å². The molecule has 36 heavy (non-hydrogen) atoms. The van der Waals surface area contributed by atoms with Gasteiger partial charge in [0.25, 0.3) is 0 Å². The van der Waals surface area contributed by atoms with E-state index in [-0.39, 0.29) is 11.4 Å². The summed E-state index contributed by atoms with van der Waals surface area (Å²) >= 11 is 2.39. The fourth-order valence-electron chi connectivity index (χ4n) is 3.10. The summed E-state index contributed by atoms with van der Waals surface area (Å²) in [6.45, 7) is 0. The van der Waals surface area contributed by atoms with E-state index < -0.39 is 34.0 Å². The minimum absolute atomic E-state index is 0.128. The third-order valence-electron chi connectivity index (χ3n) is 4.74. The van der Waals surface area contributed by atoms with Gasteiger partial charge in [0, 0.05) is 12.3 Å². The van der Waals surface area contributed by atoms with E-state index in [0.29, 0.717) is 21.1 Å². The number of carbonyl (C=O) groups is 1. The number of nitrogens with one attached hydrogen (secondary N) is 1. The molecule has 4 rings (SSSR count). The minimum atomic E-state index is -4.58. The number of aromatic nitrogens is 1. The Balaban J connectivity index is 1.42. The predicted octanol–water partition coefficient (Wildman–Crippen LogP) is 6.41. The van der Waals surface area contributed by atoms with Gasteiger partial charge in [0.05, 0.1) is 37.8 Å². The third-order valence-corrected chi connectivity index (χ3v) is 6.91. The fourth-order valence-corrected chi connectivity index (χ4v) is 5.00. The van der Waals surface area contributed by atoms with E-state index in [4.69, 9.17) is 0 Å². The molecule has 8 nitrogen and oxygen atoms in total. The number of fused-ring (bicyclic) bond motifs is 1. The van der Waals surface area contributed by atoms with Crippen molar-refractivity contribution in [2.45, 2.75) is 10.5 Å². The molecule has 0 unspecified atom stereocenters. The number of hydrogen-bond acceptors (Lipinski definition) is 8. The molecule has 0 saturated heterocycles. The molecule has 1 aromatic heterocycles. The number of carbonyl (C=O) groups excluding carboxylic acids is 1. The fraction of sp³-hybridized carbons (Fsp3) is 0.0870. The van der Waals surface area contributed by atoms with Gasteiger partial charge in [-0.25, -0.2) is 4.98 Å². The lowest BCUT2D eigenvalue weighted by molar-refractivity contribution is -0.385. The molecule has 13 heteroatoms. The first kappa shape index (κ1) is 25.1. The highest BCUT2D eigenvalue weighted by molar-refractivity contribution is 8.01. The molecule has 0 aliphatic heterocycles. The molecule has 0 radical (unpaired) electrons. The first-order chi connectivity index (χ1) is 17.1. The van der Waals surface area contributed by atoms with Crippen molar-refractivity contribution in [3.05, 3.63) is 81.9 Å². The number of nitro groups is 1. The molecule has 2 N–H and O–H groups in total. The molecule has 0 spiro atoms. The number of para-hydroxylation sites is 1. The van der Waals surface area contributed by atoms with Crippen molar-refractivity contribution in [1.82, 2.24) is 4.98 Å². The van der Waals surface area contributed by atoms with Gasteiger partial charge in [0.2, 0.25) is 5.91 Å². The molecule has 0 bridgehead atoms. The van der Waals surface area contributed by atoms with Crippen LogP contribution in [-0.4, -0.2) is 32.9 Å². The summed E-state index contributed by atoms with van der Waals surface area (Å²) in [4.78, 5) is 31.2. The monoisotopic (exact) mass is 532 g/mol. The van der Waals surface area contributed by atoms with Crippen molar-refractivity contribution in [2.24, 2.45) is 4.99 Å². The standard InChI is InChI=1S/C23H15F3N4O4S2/c24-23(25,26)15-3-1-2-4-16(15)28-21(32)12-35-22-29-17-7-6-14(10-20(17)36-22)27-11-13-5-8-19(31)18(9-13)30(33)34/h1-11,31H,12H2,(H,28,32). The third kappa shape index (κ3) is 5.98. The zero-order valence-electron chi connectivity index (χ0n) is 18.0. The zero-order chi connectivity index (χ0) is 25.9. The predicted molar refractivity (Wildman–Crippen MR) is 132 cm³/mol. The Kier molecular flexibility index (Phi) is 7.22. The van der Waals surface area contributed by atoms with Gasteiger partial charge >= 0.3 is 11.9 Å². The van der Waals surface area contributed by atoms with Crippen molar-refractivity contribution in [3.63, 3.8) is 0 Å². The number of anilines is 1. The number of halogens is 3. The Hall–Kier alpha value is -3.97. The second-order valence-corrected chi connectivity index (χ2v) is 9.53. The SMILES string of the molecule is O=C(CSc1nc2ccc(N=Cc3ccc(O)c([N+](=O)[O-])c3)cc2s1)Nc1ccccc1C(F)(F)F. The van der Waals surface area contributed by atoms with Gasteiger partial charge in [-0.3, -0.25) is 19.9 Å². The molecule has 184 valence electrons. The van der Waals surface area contributed by atoms with Crippen LogP contribution in [-0.2, 0) is 11.0 Å². The van der Waals surface area contributed by atoms with Crippen LogP contribution in [0.2, 0.25) is 0 Å². The molecule has 0 fully saturated rings. The number of nitro benzene ring substituents is 1. The molecule has 0 atom stereocenters. The van der Waals surface area contributed by atoms with E-state index in [1.54, 1.807) is 18.2 Å². The van der Waals surface area contributed by atoms with E-state index in [2.05, 4.69) is 15.3 Å². The van der Waals surface area contributed by atoms with Crippen molar-refractivity contribution in [3.8, 4) is 5.75 Å². The van der Waals surface area contributed by atoms with Crippen LogP contribution in [0, 0.1) is 10.1 Å². The van der Waals surface area contributed by atoms with Crippen molar-refractivity contribution >= 4 is 62.5 Å². The van der Waals surface area contributed by atoms with Crippen LogP contribution in [0.15, 0.2) is 70.0 Å². The maximum Gasteiger partial charge on any atom is 0.418 e. The van der Waals surface area contributed by atoms with Gasteiger partial charge in [0.15, 0.2) is 10.1 Å². The Labute approximate surface area is 209 Å². The van der Waals surface area contributed by atoms with Crippen molar-refractivity contribution < 1.29 is 28.0 Å². The average Bonchev–Trinajstić information content (AvgIpc) is 3.24. The number of aliphatic imine (C=N–C) groups is 1. The Morgan fingerprint density at radius 3 is 2.72 bits per heavy atom. The molecular weight excluding hydrogens is 517 g/mol. The second-order valence-electron chi connectivity index (χ2n) is 7.28. The number of phenolic OH excluding ortho intramolecular Hbond substituents is 1. The van der Waals surface area contributed by atoms with Crippen LogP contribution in [0.25, 0.3) is 10.2 Å². The number of benzene rings is 3. The lowest BCUT2D eigenvalue weighted by Crippen LogP contribution is -2.18. The summed E-state index contributed by atoms with van der Waals surface area (Å²) in [6, 6.07) is 13.8. The summed E-state index contributed by atoms with van der Waals surface area (Å²) < 4.78 is 40.6. The molecule has 0 aliphatic carbocycles. The number of aromatic hydroxyl groups is 1. The second kappa shape index (κ2) is 10.3. The van der Waals surface area contributed by atoms with E-state index in [9.17, 15) is 33.2 Å². The molecule has 1 heterocycles. The van der Waals surface area contributed by atoms with Crippen LogP contribution >= 0.6 is 23.1 Å². The highest BCUT2D eigenvalue weighted by Crippen LogP contribution is 2.35. The number of alkyl halides is 3. The van der Waals surface area contributed by atoms with Crippen molar-refractivity contribution in [2.75, 3.05) is 11.1 Å². The summed E-state index contributed by atoms with van der Waals surface area (Å²) in [7, 11) is 0. The lowest BCUT2D eigenvalue weighted by Gasteiger charge is -2.13. The number of nitrogens with zero attached hydrogens (tertiary/aromatic N) is 3. The maximum absolute atomic E-state index is 13.1. The Bertz CT molecular complexity index is 1490. The number of thiazole rings is 1. The number of phenols is 1. The quantitative estimate of drug-likeness (QED) is 0.123. The number of hydrogen-bond donors (Lipinski definition) is 2. The van der Waals surface area contributed by atoms with E-state index in [1.807, 2.05) is 0 Å². The topological polar surface area (TPSA) is 118 Å². The Morgan fingerprint density at radius 2 is 1.97 bits per heavy atom. The lowest BCUT2D eigenvalue weighted by atomic mass is 10.1. The molecule has 0 aliphatic rings. The number of thioether (sulfide) groups is 1. The first-order valence-corrected chi connectivity index (χ1v) is 11.9. The molecule has 4 aromatic rings. The molecule has 3 aromatic carbocycles. The van der Waals surface area contributed by atoms with Gasteiger partial charge in [-0.1, -0.05) is 23.9 Å². The van der Waals surface area contributed by atoms with Crippen LogP contribution in [0.3, 0.4) is 0 Å². The van der Waals surface area contributed by atoms with Gasteiger partial charge in [-0.05, 0) is 48.0 Å². The van der Waals surface area contributed by atoms with Crippen molar-refractivity contribution in [1.29, 1.82) is 0 Å². The van der Waals surface area contributed by atoms with Gasteiger partial charge in [-0.2, -0.15) is 13.2 Å². The first-order valence-electron chi connectivity index (χ1n) is 10.1. The molecule has 1 amide bonds. The smallest absolute Gasteiger partial charge is 0.418 e. The highest BCUT2D eigenvalue weighted by atomic mass is 32.2. The maximum atomic E-state index is 13.1. The van der Waals surface area contributed by atoms with Crippen LogP contribution in [0.4, 0.5) is 30.2 Å². The minimum Gasteiger partial charge on any atom is -0.502 e. The largest absolute Gasteiger partial charge is 0.502 e. The molecular formula is C23H15F3N4O4S2. The highest BCUT2D eigenvalue weighted by Gasteiger charge is 2.33.